The SMILES string of the molecule is CCCNC(C)c1sc(N2CCN(C)C(C)(C)C2)nc1C. The third kappa shape index (κ3) is 3.76. The number of rotatable bonds is 5. The lowest BCUT2D eigenvalue weighted by Crippen LogP contribution is -2.57. The Morgan fingerprint density at radius 2 is 2.10 bits per heavy atom. The third-order valence-corrected chi connectivity index (χ3v) is 5.90. The highest BCUT2D eigenvalue weighted by atomic mass is 32.1. The van der Waals surface area contributed by atoms with E-state index >= 15 is 0 Å². The van der Waals surface area contributed by atoms with E-state index in [9.17, 15) is 0 Å². The summed E-state index contributed by atoms with van der Waals surface area (Å²) in [5.74, 6) is 0. The Hall–Kier alpha value is -0.650. The Kier molecular flexibility index (Phi) is 5.28. The zero-order valence-electron chi connectivity index (χ0n) is 14.4. The molecule has 2 rings (SSSR count). The number of thiazole rings is 1. The zero-order valence-corrected chi connectivity index (χ0v) is 15.2. The van der Waals surface area contributed by atoms with Gasteiger partial charge in [-0.3, -0.25) is 4.90 Å². The molecule has 1 saturated heterocycles. The van der Waals surface area contributed by atoms with Crippen LogP contribution in [0.5, 0.6) is 0 Å². The minimum absolute atomic E-state index is 0.212. The molecule has 0 amide bonds. The number of nitrogens with zero attached hydrogens (tertiary/aromatic N) is 3. The van der Waals surface area contributed by atoms with E-state index in [1.54, 1.807) is 0 Å². The molecule has 1 aliphatic rings. The van der Waals surface area contributed by atoms with Crippen molar-refractivity contribution in [1.82, 2.24) is 15.2 Å². The molecule has 120 valence electrons. The Bertz CT molecular complexity index is 469. The minimum atomic E-state index is 0.212. The molecule has 2 heterocycles. The summed E-state index contributed by atoms with van der Waals surface area (Å²) in [4.78, 5) is 11.1. The highest BCUT2D eigenvalue weighted by Crippen LogP contribution is 2.33. The van der Waals surface area contributed by atoms with Gasteiger partial charge in [-0.05, 0) is 47.7 Å². The van der Waals surface area contributed by atoms with Gasteiger partial charge in [-0.15, -0.1) is 11.3 Å². The van der Waals surface area contributed by atoms with E-state index in [0.717, 1.165) is 26.2 Å². The molecule has 1 atom stereocenters. The summed E-state index contributed by atoms with van der Waals surface area (Å²) in [5, 5.41) is 4.76. The Balaban J connectivity index is 2.11. The topological polar surface area (TPSA) is 31.4 Å². The van der Waals surface area contributed by atoms with Gasteiger partial charge in [0, 0.05) is 36.1 Å². The van der Waals surface area contributed by atoms with Gasteiger partial charge >= 0.3 is 0 Å². The van der Waals surface area contributed by atoms with Gasteiger partial charge in [-0.25, -0.2) is 4.98 Å². The summed E-state index contributed by atoms with van der Waals surface area (Å²) in [6, 6.07) is 0.400. The first-order valence-electron chi connectivity index (χ1n) is 8.02. The Morgan fingerprint density at radius 3 is 2.71 bits per heavy atom. The predicted molar refractivity (Wildman–Crippen MR) is 92.5 cm³/mol. The molecule has 1 aromatic rings. The fraction of sp³-hybridized carbons (Fsp3) is 0.812. The van der Waals surface area contributed by atoms with E-state index in [0.29, 0.717) is 6.04 Å². The summed E-state index contributed by atoms with van der Waals surface area (Å²) in [6.45, 7) is 15.5. The number of aryl methyl sites for hydroxylation is 1. The molecule has 0 saturated carbocycles. The molecular formula is C16H30N4S. The fourth-order valence-electron chi connectivity index (χ4n) is 2.79. The molecule has 0 radical (unpaired) electrons. The second kappa shape index (κ2) is 6.63. The van der Waals surface area contributed by atoms with Crippen LogP contribution in [0.4, 0.5) is 5.13 Å². The third-order valence-electron chi connectivity index (χ3n) is 4.50. The molecule has 0 aliphatic carbocycles. The number of anilines is 1. The van der Waals surface area contributed by atoms with Gasteiger partial charge in [0.1, 0.15) is 0 Å². The summed E-state index contributed by atoms with van der Waals surface area (Å²) in [5.41, 5.74) is 1.40. The molecular weight excluding hydrogens is 280 g/mol. The van der Waals surface area contributed by atoms with E-state index in [1.165, 1.54) is 22.1 Å². The summed E-state index contributed by atoms with van der Waals surface area (Å²) >= 11 is 1.86. The second-order valence-electron chi connectivity index (χ2n) is 6.78. The molecule has 21 heavy (non-hydrogen) atoms. The molecule has 1 aliphatic heterocycles. The zero-order chi connectivity index (χ0) is 15.6. The van der Waals surface area contributed by atoms with Crippen LogP contribution < -0.4 is 10.2 Å². The van der Waals surface area contributed by atoms with Crippen LogP contribution in [0.15, 0.2) is 0 Å². The van der Waals surface area contributed by atoms with Crippen molar-refractivity contribution >= 4 is 16.5 Å². The maximum absolute atomic E-state index is 4.84. The number of hydrogen-bond donors (Lipinski definition) is 1. The number of nitrogens with one attached hydrogen (secondary N) is 1. The number of piperazine rings is 1. The van der Waals surface area contributed by atoms with E-state index in [-0.39, 0.29) is 5.54 Å². The highest BCUT2D eigenvalue weighted by molar-refractivity contribution is 7.15. The summed E-state index contributed by atoms with van der Waals surface area (Å²) < 4.78 is 0. The molecule has 0 spiro atoms. The first kappa shape index (κ1) is 16.7. The lowest BCUT2D eigenvalue weighted by Gasteiger charge is -2.45. The van der Waals surface area contributed by atoms with Crippen molar-refractivity contribution in [3.05, 3.63) is 10.6 Å². The average Bonchev–Trinajstić information content (AvgIpc) is 2.81. The largest absolute Gasteiger partial charge is 0.345 e. The first-order valence-corrected chi connectivity index (χ1v) is 8.83. The number of aromatic nitrogens is 1. The highest BCUT2D eigenvalue weighted by Gasteiger charge is 2.32. The van der Waals surface area contributed by atoms with Crippen LogP contribution in [0, 0.1) is 6.92 Å². The van der Waals surface area contributed by atoms with Crippen LogP contribution >= 0.6 is 11.3 Å². The van der Waals surface area contributed by atoms with Crippen LogP contribution in [0.3, 0.4) is 0 Å². The average molecular weight is 311 g/mol. The van der Waals surface area contributed by atoms with Gasteiger partial charge in [0.15, 0.2) is 5.13 Å². The van der Waals surface area contributed by atoms with Gasteiger partial charge in [0.05, 0.1) is 5.69 Å². The maximum atomic E-state index is 4.84. The molecule has 1 N–H and O–H groups in total. The maximum Gasteiger partial charge on any atom is 0.185 e. The molecule has 4 nitrogen and oxygen atoms in total. The van der Waals surface area contributed by atoms with Gasteiger partial charge in [-0.1, -0.05) is 6.92 Å². The smallest absolute Gasteiger partial charge is 0.185 e. The van der Waals surface area contributed by atoms with E-state index < -0.39 is 0 Å². The summed E-state index contributed by atoms with van der Waals surface area (Å²) in [7, 11) is 2.21. The standard InChI is InChI=1S/C16H30N4S/c1-7-8-17-12(2)14-13(3)18-15(21-14)20-10-9-19(6)16(4,5)11-20/h12,17H,7-11H2,1-6H3. The van der Waals surface area contributed by atoms with E-state index in [2.05, 4.69) is 56.8 Å². The normalized spacial score (nSPS) is 20.8. The number of hydrogen-bond acceptors (Lipinski definition) is 5. The Morgan fingerprint density at radius 1 is 1.38 bits per heavy atom. The van der Waals surface area contributed by atoms with Crippen LogP contribution in [-0.2, 0) is 0 Å². The van der Waals surface area contributed by atoms with Gasteiger partial charge < -0.3 is 10.2 Å². The lowest BCUT2D eigenvalue weighted by molar-refractivity contribution is 0.139. The Labute approximate surface area is 133 Å². The van der Waals surface area contributed by atoms with Crippen molar-refractivity contribution < 1.29 is 0 Å². The van der Waals surface area contributed by atoms with Gasteiger partial charge in [0.2, 0.25) is 0 Å². The fourth-order valence-corrected chi connectivity index (χ4v) is 3.91. The van der Waals surface area contributed by atoms with Crippen molar-refractivity contribution in [1.29, 1.82) is 0 Å². The first-order chi connectivity index (χ1) is 9.85. The minimum Gasteiger partial charge on any atom is -0.345 e. The molecule has 1 fully saturated rings. The number of likely N-dealkylation sites (N-methyl/N-ethyl adjacent to an activating group) is 1. The van der Waals surface area contributed by atoms with Crippen LogP contribution in [0.1, 0.15) is 50.7 Å². The quantitative estimate of drug-likeness (QED) is 0.906. The van der Waals surface area contributed by atoms with Crippen molar-refractivity contribution in [2.24, 2.45) is 0 Å². The predicted octanol–water partition coefficient (Wildman–Crippen LogP) is 3.04. The van der Waals surface area contributed by atoms with Gasteiger partial charge in [-0.2, -0.15) is 0 Å². The van der Waals surface area contributed by atoms with Crippen molar-refractivity contribution in [2.45, 2.75) is 52.6 Å². The van der Waals surface area contributed by atoms with Crippen molar-refractivity contribution in [3.8, 4) is 0 Å². The van der Waals surface area contributed by atoms with Crippen molar-refractivity contribution in [2.75, 3.05) is 38.1 Å². The van der Waals surface area contributed by atoms with Crippen LogP contribution in [0.2, 0.25) is 0 Å². The molecule has 1 unspecified atom stereocenters. The van der Waals surface area contributed by atoms with Crippen LogP contribution in [-0.4, -0.2) is 48.6 Å². The van der Waals surface area contributed by atoms with Gasteiger partial charge in [0.25, 0.3) is 0 Å². The van der Waals surface area contributed by atoms with Crippen molar-refractivity contribution in [3.63, 3.8) is 0 Å². The monoisotopic (exact) mass is 310 g/mol. The van der Waals surface area contributed by atoms with E-state index in [4.69, 9.17) is 4.98 Å². The lowest BCUT2D eigenvalue weighted by atomic mass is 10.0. The molecule has 0 bridgehead atoms. The molecule has 5 heteroatoms. The molecule has 0 aromatic carbocycles. The summed E-state index contributed by atoms with van der Waals surface area (Å²) in [6.07, 6.45) is 1.17. The molecule has 1 aromatic heterocycles. The second-order valence-corrected chi connectivity index (χ2v) is 7.79. The van der Waals surface area contributed by atoms with E-state index in [1.807, 2.05) is 11.3 Å². The van der Waals surface area contributed by atoms with Crippen LogP contribution in [0.25, 0.3) is 0 Å².